The van der Waals surface area contributed by atoms with Gasteiger partial charge < -0.3 is 10.8 Å². The maximum atomic E-state index is 12.2. The van der Waals surface area contributed by atoms with Crippen LogP contribution >= 0.6 is 0 Å². The van der Waals surface area contributed by atoms with Gasteiger partial charge in [0.05, 0.1) is 5.60 Å². The second kappa shape index (κ2) is 6.00. The summed E-state index contributed by atoms with van der Waals surface area (Å²) in [4.78, 5) is 0. The van der Waals surface area contributed by atoms with Crippen LogP contribution in [0.3, 0.4) is 0 Å². The summed E-state index contributed by atoms with van der Waals surface area (Å²) in [6.45, 7) is 4.12. The summed E-state index contributed by atoms with van der Waals surface area (Å²) in [6, 6.07) is 0. The summed E-state index contributed by atoms with van der Waals surface area (Å²) in [5, 5.41) is 10.6. The lowest BCUT2D eigenvalue weighted by molar-refractivity contribution is -0.141. The normalized spacial score (nSPS) is 31.4. The molecule has 3 atom stereocenters. The minimum atomic E-state index is -4.15. The molecule has 3 unspecified atom stereocenters. The average Bonchev–Trinajstić information content (AvgIpc) is 2.72. The zero-order chi connectivity index (χ0) is 14.7. The van der Waals surface area contributed by atoms with E-state index in [9.17, 15) is 18.3 Å². The molecule has 5 heteroatoms. The fraction of sp³-hybridized carbons (Fsp3) is 1.00. The molecule has 1 rings (SSSR count). The predicted octanol–water partition coefficient (Wildman–Crippen LogP) is 3.63. The van der Waals surface area contributed by atoms with Gasteiger partial charge in [0.25, 0.3) is 0 Å². The molecule has 0 amide bonds. The van der Waals surface area contributed by atoms with Crippen LogP contribution in [0.15, 0.2) is 0 Å². The van der Waals surface area contributed by atoms with E-state index in [4.69, 9.17) is 5.73 Å². The molecule has 1 saturated carbocycles. The van der Waals surface area contributed by atoms with Crippen LogP contribution in [0.4, 0.5) is 13.2 Å². The molecule has 0 radical (unpaired) electrons. The van der Waals surface area contributed by atoms with Gasteiger partial charge in [-0.1, -0.05) is 13.3 Å². The quantitative estimate of drug-likeness (QED) is 0.781. The fourth-order valence-electron chi connectivity index (χ4n) is 3.38. The summed E-state index contributed by atoms with van der Waals surface area (Å²) in [6.07, 6.45) is -1.13. The van der Waals surface area contributed by atoms with Gasteiger partial charge in [0, 0.05) is 18.4 Å². The SMILES string of the molecule is CCC1CCC(CN)(C(C)(O)CCCC(F)(F)F)C1. The Labute approximate surface area is 113 Å². The van der Waals surface area contributed by atoms with Crippen molar-refractivity contribution in [3.8, 4) is 0 Å². The first-order chi connectivity index (χ1) is 8.66. The third-order valence-electron chi connectivity index (χ3n) is 4.94. The van der Waals surface area contributed by atoms with Crippen LogP contribution in [0.5, 0.6) is 0 Å². The largest absolute Gasteiger partial charge is 0.390 e. The van der Waals surface area contributed by atoms with Crippen molar-refractivity contribution >= 4 is 0 Å². The molecule has 0 aliphatic heterocycles. The van der Waals surface area contributed by atoms with E-state index in [1.54, 1.807) is 6.92 Å². The van der Waals surface area contributed by atoms with Crippen molar-refractivity contribution in [2.24, 2.45) is 17.1 Å². The Kier molecular flexibility index (Phi) is 5.29. The molecule has 0 heterocycles. The molecule has 0 bridgehead atoms. The van der Waals surface area contributed by atoms with E-state index >= 15 is 0 Å². The Morgan fingerprint density at radius 1 is 1.32 bits per heavy atom. The van der Waals surface area contributed by atoms with E-state index in [1.165, 1.54) is 0 Å². The van der Waals surface area contributed by atoms with Gasteiger partial charge in [0.2, 0.25) is 0 Å². The minimum Gasteiger partial charge on any atom is -0.390 e. The second-order valence-electron chi connectivity index (χ2n) is 6.24. The van der Waals surface area contributed by atoms with E-state index in [0.29, 0.717) is 12.5 Å². The van der Waals surface area contributed by atoms with Crippen molar-refractivity contribution < 1.29 is 18.3 Å². The summed E-state index contributed by atoms with van der Waals surface area (Å²) in [5.41, 5.74) is 4.34. The maximum absolute atomic E-state index is 12.2. The Morgan fingerprint density at radius 2 is 1.95 bits per heavy atom. The van der Waals surface area contributed by atoms with Gasteiger partial charge in [-0.05, 0) is 44.9 Å². The Hall–Kier alpha value is -0.290. The molecule has 114 valence electrons. The molecule has 0 saturated heterocycles. The van der Waals surface area contributed by atoms with E-state index in [-0.39, 0.29) is 12.8 Å². The number of aliphatic hydroxyl groups is 1. The van der Waals surface area contributed by atoms with Gasteiger partial charge in [-0.2, -0.15) is 13.2 Å². The van der Waals surface area contributed by atoms with Gasteiger partial charge in [0.15, 0.2) is 0 Å². The fourth-order valence-corrected chi connectivity index (χ4v) is 3.38. The highest BCUT2D eigenvalue weighted by Crippen LogP contribution is 2.51. The molecule has 19 heavy (non-hydrogen) atoms. The van der Waals surface area contributed by atoms with Gasteiger partial charge >= 0.3 is 6.18 Å². The third-order valence-corrected chi connectivity index (χ3v) is 4.94. The van der Waals surface area contributed by atoms with Crippen molar-refractivity contribution in [2.75, 3.05) is 6.54 Å². The first-order valence-corrected chi connectivity index (χ1v) is 7.15. The number of alkyl halides is 3. The second-order valence-corrected chi connectivity index (χ2v) is 6.24. The van der Waals surface area contributed by atoms with Crippen molar-refractivity contribution in [1.29, 1.82) is 0 Å². The monoisotopic (exact) mass is 281 g/mol. The van der Waals surface area contributed by atoms with Crippen LogP contribution in [-0.4, -0.2) is 23.4 Å². The number of nitrogens with two attached hydrogens (primary N) is 1. The molecule has 0 aromatic carbocycles. The minimum absolute atomic E-state index is 0.0327. The molecular formula is C14H26F3NO. The molecule has 0 spiro atoms. The molecule has 1 aliphatic rings. The lowest BCUT2D eigenvalue weighted by Crippen LogP contribution is -2.49. The lowest BCUT2D eigenvalue weighted by atomic mass is 9.68. The zero-order valence-electron chi connectivity index (χ0n) is 11.9. The van der Waals surface area contributed by atoms with Crippen molar-refractivity contribution in [2.45, 2.75) is 70.6 Å². The molecule has 3 N–H and O–H groups in total. The topological polar surface area (TPSA) is 46.2 Å². The smallest absolute Gasteiger partial charge is 0.389 e. The molecule has 2 nitrogen and oxygen atoms in total. The molecule has 1 fully saturated rings. The van der Waals surface area contributed by atoms with Crippen LogP contribution in [0, 0.1) is 11.3 Å². The Balaban J connectivity index is 2.63. The highest BCUT2D eigenvalue weighted by Gasteiger charge is 2.50. The highest BCUT2D eigenvalue weighted by atomic mass is 19.4. The average molecular weight is 281 g/mol. The van der Waals surface area contributed by atoms with Crippen LogP contribution in [0.2, 0.25) is 0 Å². The first kappa shape index (κ1) is 16.8. The van der Waals surface area contributed by atoms with Crippen LogP contribution in [0.25, 0.3) is 0 Å². The van der Waals surface area contributed by atoms with E-state index in [2.05, 4.69) is 6.92 Å². The summed E-state index contributed by atoms with van der Waals surface area (Å²) >= 11 is 0. The summed E-state index contributed by atoms with van der Waals surface area (Å²) < 4.78 is 36.6. The van der Waals surface area contributed by atoms with Crippen LogP contribution < -0.4 is 5.73 Å². The zero-order valence-corrected chi connectivity index (χ0v) is 11.9. The van der Waals surface area contributed by atoms with Crippen molar-refractivity contribution in [3.05, 3.63) is 0 Å². The number of halogens is 3. The number of hydrogen-bond acceptors (Lipinski definition) is 2. The lowest BCUT2D eigenvalue weighted by Gasteiger charge is -2.43. The number of hydrogen-bond donors (Lipinski definition) is 2. The Morgan fingerprint density at radius 3 is 2.37 bits per heavy atom. The first-order valence-electron chi connectivity index (χ1n) is 7.15. The molecule has 0 aromatic heterocycles. The van der Waals surface area contributed by atoms with Gasteiger partial charge in [-0.15, -0.1) is 0 Å². The van der Waals surface area contributed by atoms with Gasteiger partial charge in [0.1, 0.15) is 0 Å². The third kappa shape index (κ3) is 4.09. The van der Waals surface area contributed by atoms with Crippen LogP contribution in [0.1, 0.15) is 58.8 Å². The van der Waals surface area contributed by atoms with Gasteiger partial charge in [-0.25, -0.2) is 0 Å². The number of rotatable bonds is 6. The van der Waals surface area contributed by atoms with E-state index < -0.39 is 23.6 Å². The van der Waals surface area contributed by atoms with Crippen molar-refractivity contribution in [3.63, 3.8) is 0 Å². The van der Waals surface area contributed by atoms with Crippen molar-refractivity contribution in [1.82, 2.24) is 0 Å². The summed E-state index contributed by atoms with van der Waals surface area (Å²) in [7, 11) is 0. The summed E-state index contributed by atoms with van der Waals surface area (Å²) in [5.74, 6) is 0.539. The predicted molar refractivity (Wildman–Crippen MR) is 69.6 cm³/mol. The maximum Gasteiger partial charge on any atom is 0.389 e. The Bertz CT molecular complexity index is 291. The van der Waals surface area contributed by atoms with E-state index in [0.717, 1.165) is 25.7 Å². The molecule has 0 aromatic rings. The standard InChI is InChI=1S/C14H26F3NO/c1-3-11-5-8-13(9-11,10-18)12(2,19)6-4-7-14(15,16)17/h11,19H,3-10,18H2,1-2H3. The van der Waals surface area contributed by atoms with Gasteiger partial charge in [-0.3, -0.25) is 0 Å². The van der Waals surface area contributed by atoms with E-state index in [1.807, 2.05) is 0 Å². The molecular weight excluding hydrogens is 255 g/mol. The highest BCUT2D eigenvalue weighted by molar-refractivity contribution is 5.01. The molecule has 1 aliphatic carbocycles. The van der Waals surface area contributed by atoms with Crippen LogP contribution in [-0.2, 0) is 0 Å².